The molecule has 7 aromatic carbocycles. The van der Waals surface area contributed by atoms with Crippen LogP contribution in [0.25, 0.3) is 55.9 Å². The molecule has 2 heteroatoms. The Bertz CT molecular complexity index is 2670. The van der Waals surface area contributed by atoms with Crippen LogP contribution in [0, 0.1) is 0 Å². The first-order valence-electron chi connectivity index (χ1n) is 18.5. The summed E-state index contributed by atoms with van der Waals surface area (Å²) in [5, 5.41) is 0. The molecule has 8 aromatic rings. The van der Waals surface area contributed by atoms with E-state index in [0.29, 0.717) is 0 Å². The van der Waals surface area contributed by atoms with E-state index in [4.69, 9.17) is 9.72 Å². The van der Waals surface area contributed by atoms with Crippen LogP contribution >= 0.6 is 0 Å². The maximum Gasteiger partial charge on any atom is 0.136 e. The summed E-state index contributed by atoms with van der Waals surface area (Å²) >= 11 is 0. The second kappa shape index (κ2) is 11.0. The number of hydrogen-bond acceptors (Lipinski definition) is 2. The fourth-order valence-electron chi connectivity index (χ4n) is 9.60. The number of pyridine rings is 1. The summed E-state index contributed by atoms with van der Waals surface area (Å²) in [5.41, 5.74) is 18.3. The van der Waals surface area contributed by atoms with E-state index < -0.39 is 5.41 Å². The quantitative estimate of drug-likeness (QED) is 0.186. The molecule has 0 saturated heterocycles. The molecule has 250 valence electrons. The molecule has 0 saturated carbocycles. The van der Waals surface area contributed by atoms with E-state index in [9.17, 15) is 0 Å². The van der Waals surface area contributed by atoms with Crippen molar-refractivity contribution in [2.24, 2.45) is 0 Å². The predicted molar refractivity (Wildman–Crippen MR) is 215 cm³/mol. The Kier molecular flexibility index (Phi) is 6.25. The number of aromatic nitrogens is 1. The van der Waals surface area contributed by atoms with Gasteiger partial charge in [-0.25, -0.2) is 4.98 Å². The van der Waals surface area contributed by atoms with Crippen molar-refractivity contribution in [3.8, 4) is 67.4 Å². The van der Waals surface area contributed by atoms with E-state index in [1.165, 1.54) is 61.2 Å². The average Bonchev–Trinajstić information content (AvgIpc) is 3.64. The summed E-state index contributed by atoms with van der Waals surface area (Å²) in [5.74, 6) is 1.90. The molecule has 1 spiro atoms. The Morgan fingerprint density at radius 1 is 0.396 bits per heavy atom. The Morgan fingerprint density at radius 2 is 0.962 bits per heavy atom. The van der Waals surface area contributed by atoms with E-state index in [0.717, 1.165) is 39.6 Å². The third kappa shape index (κ3) is 4.12. The highest BCUT2D eigenvalue weighted by molar-refractivity contribution is 5.92. The third-order valence-corrected chi connectivity index (χ3v) is 11.9. The Balaban J connectivity index is 1.13. The molecule has 0 radical (unpaired) electrons. The van der Waals surface area contributed by atoms with Crippen LogP contribution in [0.15, 0.2) is 176 Å². The van der Waals surface area contributed by atoms with Crippen molar-refractivity contribution in [2.45, 2.75) is 24.7 Å². The molecule has 1 aliphatic heterocycles. The predicted octanol–water partition coefficient (Wildman–Crippen LogP) is 12.9. The average molecular weight is 678 g/mol. The summed E-state index contributed by atoms with van der Waals surface area (Å²) in [4.78, 5) is 5.28. The lowest BCUT2D eigenvalue weighted by atomic mass is 9.65. The van der Waals surface area contributed by atoms with Gasteiger partial charge in [-0.2, -0.15) is 0 Å². The van der Waals surface area contributed by atoms with Gasteiger partial charge in [-0.3, -0.25) is 0 Å². The number of nitrogens with zero attached hydrogens (tertiary/aromatic N) is 1. The van der Waals surface area contributed by atoms with Gasteiger partial charge in [0.15, 0.2) is 0 Å². The SMILES string of the molecule is CC1(C)c2ccc(-c3cc(-c4ccccc4)cc(-c4ccccc4)n3)cc2-c2ccc3c(c21)Oc1ccccc1C31c2ccccc2-c2ccccc21. The Morgan fingerprint density at radius 3 is 1.66 bits per heavy atom. The van der Waals surface area contributed by atoms with Gasteiger partial charge in [0.25, 0.3) is 0 Å². The number of para-hydroxylation sites is 1. The number of ether oxygens (including phenoxy) is 1. The van der Waals surface area contributed by atoms with Gasteiger partial charge in [0.05, 0.1) is 16.8 Å². The maximum absolute atomic E-state index is 7.14. The molecule has 0 N–H and O–H groups in total. The molecule has 53 heavy (non-hydrogen) atoms. The number of hydrogen-bond donors (Lipinski definition) is 0. The molecule has 0 bridgehead atoms. The van der Waals surface area contributed by atoms with Gasteiger partial charge in [-0.1, -0.05) is 166 Å². The Labute approximate surface area is 310 Å². The maximum atomic E-state index is 7.14. The lowest BCUT2D eigenvalue weighted by Crippen LogP contribution is -2.33. The highest BCUT2D eigenvalue weighted by atomic mass is 16.5. The zero-order valence-electron chi connectivity index (χ0n) is 29.6. The summed E-state index contributed by atoms with van der Waals surface area (Å²) in [6, 6.07) is 63.7. The Hall–Kier alpha value is -6.51. The van der Waals surface area contributed by atoms with Crippen molar-refractivity contribution in [3.05, 3.63) is 209 Å². The van der Waals surface area contributed by atoms with Crippen molar-refractivity contribution in [3.63, 3.8) is 0 Å². The van der Waals surface area contributed by atoms with Crippen molar-refractivity contribution in [1.29, 1.82) is 0 Å². The molecule has 2 nitrogen and oxygen atoms in total. The second-order valence-electron chi connectivity index (χ2n) is 15.0. The fraction of sp³-hybridized carbons (Fsp3) is 0.0784. The lowest BCUT2D eigenvalue weighted by Gasteiger charge is -2.41. The minimum atomic E-state index is -0.488. The summed E-state index contributed by atoms with van der Waals surface area (Å²) in [6.07, 6.45) is 0. The van der Waals surface area contributed by atoms with Crippen LogP contribution in [-0.2, 0) is 10.8 Å². The minimum absolute atomic E-state index is 0.297. The van der Waals surface area contributed by atoms with Gasteiger partial charge in [-0.05, 0) is 74.3 Å². The molecule has 11 rings (SSSR count). The molecular formula is C51H35NO. The van der Waals surface area contributed by atoms with E-state index >= 15 is 0 Å². The highest BCUT2D eigenvalue weighted by Crippen LogP contribution is 2.65. The number of fused-ring (bicyclic) bond motifs is 13. The molecule has 1 aromatic heterocycles. The van der Waals surface area contributed by atoms with Crippen LogP contribution < -0.4 is 4.74 Å². The molecular weight excluding hydrogens is 643 g/mol. The lowest BCUT2D eigenvalue weighted by molar-refractivity contribution is 0.422. The molecule has 0 atom stereocenters. The van der Waals surface area contributed by atoms with Crippen LogP contribution in [0.2, 0.25) is 0 Å². The monoisotopic (exact) mass is 677 g/mol. The minimum Gasteiger partial charge on any atom is -0.456 e. The van der Waals surface area contributed by atoms with Crippen molar-refractivity contribution >= 4 is 0 Å². The molecule has 2 heterocycles. The van der Waals surface area contributed by atoms with E-state index in [2.05, 4.69) is 190 Å². The van der Waals surface area contributed by atoms with Gasteiger partial charge in [0, 0.05) is 33.2 Å². The highest BCUT2D eigenvalue weighted by Gasteiger charge is 2.53. The standard InChI is InChI=1S/C51H35NO/c1-50(2)40-27-25-34(46-31-35(32-15-5-3-6-16-32)30-45(52-46)33-17-7-4-8-18-33)29-39(40)38-26-28-44-49(48(38)50)53-47-24-14-13-23-43(47)51(44)41-21-11-9-19-36(41)37-20-10-12-22-42(37)51/h3-31H,1-2H3. The van der Waals surface area contributed by atoms with E-state index in [-0.39, 0.29) is 5.41 Å². The number of benzene rings is 7. The topological polar surface area (TPSA) is 22.1 Å². The molecule has 2 aliphatic carbocycles. The van der Waals surface area contributed by atoms with Gasteiger partial charge in [0.1, 0.15) is 11.5 Å². The van der Waals surface area contributed by atoms with Gasteiger partial charge >= 0.3 is 0 Å². The molecule has 0 amide bonds. The molecule has 3 aliphatic rings. The second-order valence-corrected chi connectivity index (χ2v) is 15.0. The fourth-order valence-corrected chi connectivity index (χ4v) is 9.60. The van der Waals surface area contributed by atoms with Crippen LogP contribution in [0.3, 0.4) is 0 Å². The third-order valence-electron chi connectivity index (χ3n) is 11.9. The summed E-state index contributed by atoms with van der Waals surface area (Å²) in [7, 11) is 0. The summed E-state index contributed by atoms with van der Waals surface area (Å²) in [6.45, 7) is 4.71. The molecule has 0 fully saturated rings. The zero-order valence-corrected chi connectivity index (χ0v) is 29.6. The van der Waals surface area contributed by atoms with E-state index in [1.807, 2.05) is 0 Å². The summed E-state index contributed by atoms with van der Waals surface area (Å²) < 4.78 is 7.14. The zero-order chi connectivity index (χ0) is 35.3. The van der Waals surface area contributed by atoms with Gasteiger partial charge < -0.3 is 4.74 Å². The first kappa shape index (κ1) is 30.1. The van der Waals surface area contributed by atoms with E-state index in [1.54, 1.807) is 0 Å². The van der Waals surface area contributed by atoms with Gasteiger partial charge in [-0.15, -0.1) is 0 Å². The van der Waals surface area contributed by atoms with Crippen LogP contribution in [0.4, 0.5) is 0 Å². The van der Waals surface area contributed by atoms with Crippen molar-refractivity contribution in [1.82, 2.24) is 4.98 Å². The largest absolute Gasteiger partial charge is 0.456 e. The normalized spacial score (nSPS) is 14.7. The van der Waals surface area contributed by atoms with Gasteiger partial charge in [0.2, 0.25) is 0 Å². The van der Waals surface area contributed by atoms with Crippen LogP contribution in [0.1, 0.15) is 47.2 Å². The first-order chi connectivity index (χ1) is 26.0. The van der Waals surface area contributed by atoms with Crippen LogP contribution in [-0.4, -0.2) is 4.98 Å². The number of rotatable bonds is 3. The van der Waals surface area contributed by atoms with Crippen molar-refractivity contribution < 1.29 is 4.74 Å². The molecule has 0 unspecified atom stereocenters. The van der Waals surface area contributed by atoms with Crippen LogP contribution in [0.5, 0.6) is 11.5 Å². The first-order valence-corrected chi connectivity index (χ1v) is 18.5. The smallest absolute Gasteiger partial charge is 0.136 e. The van der Waals surface area contributed by atoms with Crippen molar-refractivity contribution in [2.75, 3.05) is 0 Å².